The molecule has 0 aromatic heterocycles. The number of carbonyl (C=O) groups is 1. The Kier molecular flexibility index (Phi) is 12.1. The number of rotatable bonds is 12. The van der Waals surface area contributed by atoms with Crippen molar-refractivity contribution < 1.29 is 14.6 Å². The first-order valence-electron chi connectivity index (χ1n) is 9.20. The Labute approximate surface area is 178 Å². The van der Waals surface area contributed by atoms with Crippen molar-refractivity contribution >= 4 is 36.1 Å². The third kappa shape index (κ3) is 9.79. The lowest BCUT2D eigenvalue weighted by atomic mass is 10.1. The van der Waals surface area contributed by atoms with Gasteiger partial charge in [-0.15, -0.1) is 12.4 Å². The van der Waals surface area contributed by atoms with Crippen molar-refractivity contribution in [2.24, 2.45) is 0 Å². The zero-order chi connectivity index (χ0) is 19.3. The fourth-order valence-corrected chi connectivity index (χ4v) is 2.80. The Hall–Kier alpha value is -2.01. The number of unbranched alkanes of at least 4 members (excludes halogenated alkanes) is 1. The molecule has 2 N–H and O–H groups in total. The number of benzene rings is 2. The van der Waals surface area contributed by atoms with Gasteiger partial charge >= 0.3 is 5.97 Å². The molecule has 0 unspecified atom stereocenters. The molecule has 2 rings (SSSR count). The zero-order valence-corrected chi connectivity index (χ0v) is 17.3. The van der Waals surface area contributed by atoms with Crippen LogP contribution in [0.25, 0.3) is 6.08 Å². The van der Waals surface area contributed by atoms with Gasteiger partial charge in [0, 0.05) is 13.1 Å². The molecule has 4 nitrogen and oxygen atoms in total. The summed E-state index contributed by atoms with van der Waals surface area (Å²) in [7, 11) is 0. The molecule has 0 bridgehead atoms. The zero-order valence-electron chi connectivity index (χ0n) is 15.8. The van der Waals surface area contributed by atoms with E-state index in [0.717, 1.165) is 30.6 Å². The van der Waals surface area contributed by atoms with Gasteiger partial charge in [0.05, 0.1) is 18.1 Å². The molecular formula is C22H27Cl2NO3. The number of carboxylic acids is 1. The summed E-state index contributed by atoms with van der Waals surface area (Å²) < 4.78 is 5.78. The van der Waals surface area contributed by atoms with Crippen molar-refractivity contribution in [3.8, 4) is 5.75 Å². The van der Waals surface area contributed by atoms with Crippen LogP contribution < -0.4 is 10.1 Å². The summed E-state index contributed by atoms with van der Waals surface area (Å²) >= 11 is 6.30. The van der Waals surface area contributed by atoms with Gasteiger partial charge in [-0.05, 0) is 48.6 Å². The van der Waals surface area contributed by atoms with Crippen LogP contribution >= 0.6 is 24.0 Å². The van der Waals surface area contributed by atoms with Crippen LogP contribution in [-0.2, 0) is 11.2 Å². The Morgan fingerprint density at radius 1 is 1.14 bits per heavy atom. The molecule has 0 saturated heterocycles. The molecule has 0 spiro atoms. The number of ether oxygens (including phenoxy) is 1. The minimum Gasteiger partial charge on any atom is -0.494 e. The van der Waals surface area contributed by atoms with E-state index in [9.17, 15) is 4.79 Å². The number of hydrogen-bond acceptors (Lipinski definition) is 3. The highest BCUT2D eigenvalue weighted by Gasteiger charge is 2.01. The fourth-order valence-electron chi connectivity index (χ4n) is 2.57. The van der Waals surface area contributed by atoms with Crippen molar-refractivity contribution in [1.82, 2.24) is 5.32 Å². The van der Waals surface area contributed by atoms with Crippen LogP contribution in [-0.4, -0.2) is 30.8 Å². The van der Waals surface area contributed by atoms with Crippen LogP contribution in [0.3, 0.4) is 0 Å². The van der Waals surface area contributed by atoms with Crippen molar-refractivity contribution in [1.29, 1.82) is 0 Å². The first-order valence-corrected chi connectivity index (χ1v) is 9.58. The van der Waals surface area contributed by atoms with Crippen molar-refractivity contribution in [2.75, 3.05) is 19.7 Å². The quantitative estimate of drug-likeness (QED) is 0.458. The van der Waals surface area contributed by atoms with Crippen LogP contribution in [0.5, 0.6) is 5.75 Å². The lowest BCUT2D eigenvalue weighted by Crippen LogP contribution is -2.17. The van der Waals surface area contributed by atoms with E-state index in [1.165, 1.54) is 5.56 Å². The summed E-state index contributed by atoms with van der Waals surface area (Å²) in [6.45, 7) is 1.72. The molecule has 0 amide bonds. The molecule has 28 heavy (non-hydrogen) atoms. The molecule has 0 aliphatic rings. The molecule has 0 atom stereocenters. The summed E-state index contributed by atoms with van der Waals surface area (Å²) in [5.74, 6) is -0.0263. The van der Waals surface area contributed by atoms with Crippen molar-refractivity contribution in [3.05, 3.63) is 70.8 Å². The van der Waals surface area contributed by atoms with Gasteiger partial charge in [0.2, 0.25) is 0 Å². The van der Waals surface area contributed by atoms with Gasteiger partial charge in [-0.25, -0.2) is 0 Å². The van der Waals surface area contributed by atoms with E-state index in [-0.39, 0.29) is 18.8 Å². The summed E-state index contributed by atoms with van der Waals surface area (Å²) in [6, 6.07) is 16.1. The minimum atomic E-state index is -0.801. The Morgan fingerprint density at radius 2 is 1.93 bits per heavy atom. The molecule has 152 valence electrons. The standard InChI is InChI=1S/C22H26ClNO3.ClH/c23-21-17-20(27-16-5-4-9-18-7-2-1-3-8-18)12-11-19(21)10-6-14-24-15-13-22(25)26;/h1-3,6-8,10-12,17,24H,4-5,9,13-16H2,(H,25,26);1H/b10-6+;. The summed E-state index contributed by atoms with van der Waals surface area (Å²) in [4.78, 5) is 10.4. The van der Waals surface area contributed by atoms with E-state index >= 15 is 0 Å². The molecule has 0 aliphatic carbocycles. The molecule has 0 radical (unpaired) electrons. The molecule has 0 saturated carbocycles. The third-order valence-electron chi connectivity index (χ3n) is 4.02. The fraction of sp³-hybridized carbons (Fsp3) is 0.318. The van der Waals surface area contributed by atoms with Crippen molar-refractivity contribution in [2.45, 2.75) is 25.7 Å². The number of hydrogen-bond donors (Lipinski definition) is 2. The van der Waals surface area contributed by atoms with Gasteiger partial charge in [0.25, 0.3) is 0 Å². The van der Waals surface area contributed by atoms with Gasteiger partial charge in [-0.3, -0.25) is 4.79 Å². The highest BCUT2D eigenvalue weighted by Crippen LogP contribution is 2.23. The van der Waals surface area contributed by atoms with Crippen LogP contribution in [0.2, 0.25) is 5.02 Å². The van der Waals surface area contributed by atoms with Crippen LogP contribution in [0.1, 0.15) is 30.4 Å². The molecule has 2 aromatic carbocycles. The highest BCUT2D eigenvalue weighted by atomic mass is 35.5. The predicted octanol–water partition coefficient (Wildman–Crippen LogP) is 5.24. The molecule has 0 aliphatic heterocycles. The first kappa shape index (κ1) is 24.0. The second-order valence-corrected chi connectivity index (χ2v) is 6.63. The van der Waals surface area contributed by atoms with E-state index in [4.69, 9.17) is 21.4 Å². The highest BCUT2D eigenvalue weighted by molar-refractivity contribution is 6.32. The average Bonchev–Trinajstić information content (AvgIpc) is 2.66. The maximum Gasteiger partial charge on any atom is 0.304 e. The average molecular weight is 424 g/mol. The largest absolute Gasteiger partial charge is 0.494 e. The Balaban J connectivity index is 0.00000392. The second-order valence-electron chi connectivity index (χ2n) is 6.22. The molecule has 0 fully saturated rings. The van der Waals surface area contributed by atoms with Crippen LogP contribution in [0, 0.1) is 0 Å². The minimum absolute atomic E-state index is 0. The van der Waals surface area contributed by atoms with Crippen LogP contribution in [0.4, 0.5) is 0 Å². The monoisotopic (exact) mass is 423 g/mol. The molecule has 0 heterocycles. The number of aryl methyl sites for hydroxylation is 1. The van der Waals surface area contributed by atoms with Crippen molar-refractivity contribution in [3.63, 3.8) is 0 Å². The second kappa shape index (κ2) is 14.1. The summed E-state index contributed by atoms with van der Waals surface area (Å²) in [5, 5.41) is 12.2. The lowest BCUT2D eigenvalue weighted by Gasteiger charge is -2.08. The number of aliphatic carboxylic acids is 1. The molecule has 6 heteroatoms. The van der Waals surface area contributed by atoms with E-state index in [1.807, 2.05) is 36.4 Å². The van der Waals surface area contributed by atoms with Gasteiger partial charge in [0.15, 0.2) is 0 Å². The summed E-state index contributed by atoms with van der Waals surface area (Å²) in [5.41, 5.74) is 2.27. The lowest BCUT2D eigenvalue weighted by molar-refractivity contribution is -0.136. The molecular weight excluding hydrogens is 397 g/mol. The van der Waals surface area contributed by atoms with Gasteiger partial charge in [0.1, 0.15) is 5.75 Å². The topological polar surface area (TPSA) is 58.6 Å². The van der Waals surface area contributed by atoms with E-state index in [0.29, 0.717) is 24.7 Å². The smallest absolute Gasteiger partial charge is 0.304 e. The van der Waals surface area contributed by atoms with E-state index < -0.39 is 5.97 Å². The first-order chi connectivity index (χ1) is 13.1. The number of carboxylic acid groups (broad SMARTS) is 1. The number of nitrogens with one attached hydrogen (secondary N) is 1. The predicted molar refractivity (Wildman–Crippen MR) is 118 cm³/mol. The van der Waals surface area contributed by atoms with Crippen LogP contribution in [0.15, 0.2) is 54.6 Å². The van der Waals surface area contributed by atoms with Gasteiger partial charge in [-0.2, -0.15) is 0 Å². The number of halogens is 2. The Morgan fingerprint density at radius 3 is 2.64 bits per heavy atom. The third-order valence-corrected chi connectivity index (χ3v) is 4.35. The Bertz CT molecular complexity index is 736. The molecule has 2 aromatic rings. The maximum absolute atomic E-state index is 10.4. The van der Waals surface area contributed by atoms with E-state index in [2.05, 4.69) is 29.6 Å². The van der Waals surface area contributed by atoms with Gasteiger partial charge in [-0.1, -0.05) is 54.1 Å². The van der Waals surface area contributed by atoms with Gasteiger partial charge < -0.3 is 15.2 Å². The SMILES string of the molecule is Cl.O=C(O)CCNC/C=C/c1ccc(OCCCCc2ccccc2)cc1Cl. The van der Waals surface area contributed by atoms with E-state index in [1.54, 1.807) is 0 Å². The summed E-state index contributed by atoms with van der Waals surface area (Å²) in [6.07, 6.45) is 7.11. The normalized spacial score (nSPS) is 10.6. The maximum atomic E-state index is 10.4.